The van der Waals surface area contributed by atoms with Gasteiger partial charge in [0.15, 0.2) is 0 Å². The van der Waals surface area contributed by atoms with Crippen LogP contribution in [0.25, 0.3) is 0 Å². The van der Waals surface area contributed by atoms with Crippen molar-refractivity contribution < 1.29 is 24.2 Å². The van der Waals surface area contributed by atoms with E-state index in [1.165, 1.54) is 46.9 Å². The van der Waals surface area contributed by atoms with Gasteiger partial charge < -0.3 is 33.9 Å². The van der Waals surface area contributed by atoms with Gasteiger partial charge in [-0.05, 0) is 86.0 Å². The first-order valence-electron chi connectivity index (χ1n) is 16.6. The first kappa shape index (κ1) is 36.7. The number of methoxy groups -OCH3 is 2. The fourth-order valence-corrected chi connectivity index (χ4v) is 6.15. The third-order valence-electron chi connectivity index (χ3n) is 8.75. The second kappa shape index (κ2) is 19.0. The molecule has 2 saturated heterocycles. The van der Waals surface area contributed by atoms with E-state index in [1.807, 2.05) is 29.2 Å². The summed E-state index contributed by atoms with van der Waals surface area (Å²) in [5.74, 6) is 2.02. The van der Waals surface area contributed by atoms with E-state index in [9.17, 15) is 19.2 Å². The Hall–Kier alpha value is -5.16. The van der Waals surface area contributed by atoms with Crippen molar-refractivity contribution in [2.24, 2.45) is 0 Å². The lowest BCUT2D eigenvalue weighted by Crippen LogP contribution is -2.41. The van der Waals surface area contributed by atoms with Gasteiger partial charge in [0.2, 0.25) is 5.91 Å². The van der Waals surface area contributed by atoms with Crippen LogP contribution in [0, 0.1) is 0 Å². The molecule has 0 aliphatic carbocycles. The molecule has 2 N–H and O–H groups in total. The van der Waals surface area contributed by atoms with Crippen LogP contribution in [0.2, 0.25) is 0 Å². The van der Waals surface area contributed by atoms with Gasteiger partial charge in [-0.25, -0.2) is 0 Å². The van der Waals surface area contributed by atoms with E-state index in [-0.39, 0.29) is 30.1 Å². The SMILES string of the molecule is COc1ccccc1C1CCN(C(=O)Cn2ccccc2=O)CC1.COc1ccccc1C1CCNCC1.O=C(O)Cn1ccccc1=O. The topological polar surface area (TPSA) is 132 Å². The number of carboxylic acids is 1. The summed E-state index contributed by atoms with van der Waals surface area (Å²) < 4.78 is 13.4. The van der Waals surface area contributed by atoms with Gasteiger partial charge >= 0.3 is 5.97 Å². The lowest BCUT2D eigenvalue weighted by molar-refractivity contribution is -0.137. The van der Waals surface area contributed by atoms with Crippen molar-refractivity contribution in [2.75, 3.05) is 40.4 Å². The highest BCUT2D eigenvalue weighted by Crippen LogP contribution is 2.34. The molecule has 0 unspecified atom stereocenters. The number of hydrogen-bond acceptors (Lipinski definition) is 7. The minimum absolute atomic E-state index is 0.00165. The largest absolute Gasteiger partial charge is 0.496 e. The number of benzene rings is 2. The maximum absolute atomic E-state index is 12.4. The van der Waals surface area contributed by atoms with E-state index in [0.29, 0.717) is 24.9 Å². The Morgan fingerprint density at radius 3 is 1.59 bits per heavy atom. The van der Waals surface area contributed by atoms with Crippen molar-refractivity contribution in [2.45, 2.75) is 50.6 Å². The molecule has 11 nitrogen and oxygen atoms in total. The standard InChI is InChI=1S/C19H22N2O3.C12H17NO.C7H7NO3/c1-24-17-7-3-2-6-16(17)15-9-12-20(13-10-15)19(23)14-21-11-5-4-8-18(21)22;1-14-12-5-3-2-4-11(12)10-6-8-13-9-7-10;9-6-3-1-2-4-8(6)5-7(10)11/h2-8,11,15H,9-10,12-14H2,1H3;2-5,10,13H,6-9H2,1H3;1-4H,5H2,(H,10,11). The number of para-hydroxylation sites is 2. The maximum Gasteiger partial charge on any atom is 0.323 e. The lowest BCUT2D eigenvalue weighted by atomic mass is 9.89. The second-order valence-electron chi connectivity index (χ2n) is 11.9. The van der Waals surface area contributed by atoms with Gasteiger partial charge in [-0.15, -0.1) is 0 Å². The highest BCUT2D eigenvalue weighted by Gasteiger charge is 2.25. The van der Waals surface area contributed by atoms with Gasteiger partial charge in [0.25, 0.3) is 11.1 Å². The first-order valence-corrected chi connectivity index (χ1v) is 16.6. The number of aliphatic carboxylic acids is 1. The average molecular weight is 671 g/mol. The van der Waals surface area contributed by atoms with Gasteiger partial charge in [-0.3, -0.25) is 19.2 Å². The van der Waals surface area contributed by atoms with Crippen LogP contribution < -0.4 is 25.9 Å². The molecule has 49 heavy (non-hydrogen) atoms. The Morgan fingerprint density at radius 2 is 1.12 bits per heavy atom. The summed E-state index contributed by atoms with van der Waals surface area (Å²) in [6, 6.07) is 25.9. The zero-order valence-corrected chi connectivity index (χ0v) is 28.2. The third kappa shape index (κ3) is 10.9. The third-order valence-corrected chi connectivity index (χ3v) is 8.75. The maximum atomic E-state index is 12.4. The predicted octanol–water partition coefficient (Wildman–Crippen LogP) is 4.36. The van der Waals surface area contributed by atoms with Gasteiger partial charge in [0.05, 0.1) is 14.2 Å². The number of piperidine rings is 2. The molecule has 2 aliphatic rings. The van der Waals surface area contributed by atoms with E-state index in [4.69, 9.17) is 14.6 Å². The number of aromatic nitrogens is 2. The van der Waals surface area contributed by atoms with Crippen molar-refractivity contribution >= 4 is 11.9 Å². The molecule has 1 amide bonds. The lowest BCUT2D eigenvalue weighted by Gasteiger charge is -2.33. The van der Waals surface area contributed by atoms with Crippen LogP contribution in [0.15, 0.2) is 107 Å². The van der Waals surface area contributed by atoms with Gasteiger partial charge in [0, 0.05) is 37.6 Å². The number of nitrogens with one attached hydrogen (secondary N) is 1. The molecule has 0 radical (unpaired) electrons. The molecular weight excluding hydrogens is 624 g/mol. The van der Waals surface area contributed by atoms with E-state index >= 15 is 0 Å². The molecule has 260 valence electrons. The molecule has 2 fully saturated rings. The number of hydrogen-bond donors (Lipinski definition) is 2. The van der Waals surface area contributed by atoms with Crippen LogP contribution in [0.1, 0.15) is 48.6 Å². The van der Waals surface area contributed by atoms with E-state index in [0.717, 1.165) is 42.0 Å². The zero-order valence-electron chi connectivity index (χ0n) is 28.2. The smallest absolute Gasteiger partial charge is 0.323 e. The number of nitrogens with zero attached hydrogens (tertiary/aromatic N) is 3. The normalized spacial score (nSPS) is 14.8. The van der Waals surface area contributed by atoms with Crippen LogP contribution in [0.3, 0.4) is 0 Å². The molecule has 0 bridgehead atoms. The number of ether oxygens (including phenoxy) is 2. The highest BCUT2D eigenvalue weighted by atomic mass is 16.5. The van der Waals surface area contributed by atoms with Crippen LogP contribution >= 0.6 is 0 Å². The van der Waals surface area contributed by atoms with Crippen molar-refractivity contribution in [1.29, 1.82) is 0 Å². The van der Waals surface area contributed by atoms with Crippen LogP contribution in [-0.2, 0) is 22.7 Å². The Kier molecular flexibility index (Phi) is 14.2. The number of pyridine rings is 2. The molecule has 2 aromatic carbocycles. The highest BCUT2D eigenvalue weighted by molar-refractivity contribution is 5.76. The number of carbonyl (C=O) groups is 2. The summed E-state index contributed by atoms with van der Waals surface area (Å²) >= 11 is 0. The number of likely N-dealkylation sites (tertiary alicyclic amines) is 1. The fraction of sp³-hybridized carbons (Fsp3) is 0.368. The monoisotopic (exact) mass is 670 g/mol. The Morgan fingerprint density at radius 1 is 0.673 bits per heavy atom. The molecule has 0 spiro atoms. The van der Waals surface area contributed by atoms with Gasteiger partial charge in [0.1, 0.15) is 24.6 Å². The molecule has 4 heterocycles. The van der Waals surface area contributed by atoms with Crippen LogP contribution in [0.5, 0.6) is 11.5 Å². The Labute approximate surface area is 286 Å². The van der Waals surface area contributed by atoms with Crippen molar-refractivity contribution in [1.82, 2.24) is 19.4 Å². The van der Waals surface area contributed by atoms with Crippen molar-refractivity contribution in [3.8, 4) is 11.5 Å². The van der Waals surface area contributed by atoms with Crippen LogP contribution in [-0.4, -0.2) is 71.4 Å². The molecule has 4 aromatic rings. The molecule has 0 atom stereocenters. The van der Waals surface area contributed by atoms with Gasteiger partial charge in [-0.1, -0.05) is 48.5 Å². The average Bonchev–Trinajstić information content (AvgIpc) is 3.14. The minimum Gasteiger partial charge on any atom is -0.496 e. The summed E-state index contributed by atoms with van der Waals surface area (Å²) in [7, 11) is 3.44. The number of carbonyl (C=O) groups excluding carboxylic acids is 1. The predicted molar refractivity (Wildman–Crippen MR) is 188 cm³/mol. The van der Waals surface area contributed by atoms with E-state index < -0.39 is 5.97 Å². The summed E-state index contributed by atoms with van der Waals surface area (Å²) in [5, 5.41) is 11.7. The molecule has 2 aliphatic heterocycles. The summed E-state index contributed by atoms with van der Waals surface area (Å²) in [5.41, 5.74) is 2.15. The Bertz CT molecular complexity index is 1750. The van der Waals surface area contributed by atoms with Gasteiger partial charge in [-0.2, -0.15) is 0 Å². The van der Waals surface area contributed by atoms with Crippen LogP contribution in [0.4, 0.5) is 0 Å². The summed E-state index contributed by atoms with van der Waals surface area (Å²) in [6.45, 7) is 3.51. The number of amides is 1. The zero-order chi connectivity index (χ0) is 35.0. The molecular formula is C38H46N4O7. The first-order chi connectivity index (χ1) is 23.8. The van der Waals surface area contributed by atoms with Crippen molar-refractivity contribution in [3.63, 3.8) is 0 Å². The van der Waals surface area contributed by atoms with E-state index in [1.54, 1.807) is 44.7 Å². The molecule has 0 saturated carbocycles. The molecule has 6 rings (SSSR count). The minimum atomic E-state index is -1.02. The number of rotatable bonds is 8. The second-order valence-corrected chi connectivity index (χ2v) is 11.9. The van der Waals surface area contributed by atoms with Crippen molar-refractivity contribution in [3.05, 3.63) is 129 Å². The van der Waals surface area contributed by atoms with E-state index in [2.05, 4.69) is 29.6 Å². The fourth-order valence-electron chi connectivity index (χ4n) is 6.15. The number of carboxylic acid groups (broad SMARTS) is 1. The Balaban J connectivity index is 0.000000183. The quantitative estimate of drug-likeness (QED) is 0.283. The molecule has 2 aromatic heterocycles. The summed E-state index contributed by atoms with van der Waals surface area (Å²) in [4.78, 5) is 47.0. The molecule has 11 heteroatoms. The summed E-state index contributed by atoms with van der Waals surface area (Å²) in [6.07, 6.45) is 7.37.